The summed E-state index contributed by atoms with van der Waals surface area (Å²) in [7, 11) is 3.04. The van der Waals surface area contributed by atoms with E-state index in [1.165, 1.54) is 29.9 Å². The highest BCUT2D eigenvalue weighted by Gasteiger charge is 2.34. The minimum absolute atomic E-state index is 0.162. The third-order valence-corrected chi connectivity index (χ3v) is 6.94. The van der Waals surface area contributed by atoms with Crippen LogP contribution >= 0.6 is 11.3 Å². The molecule has 2 aromatic carbocycles. The summed E-state index contributed by atoms with van der Waals surface area (Å²) in [5.74, 6) is 0.142. The van der Waals surface area contributed by atoms with Crippen molar-refractivity contribution in [3.8, 4) is 17.2 Å². The SMILES string of the molecule is CCOC(=O)C1=C(C)N=c2s/c(=C\C=C\c3ccccc3OC)c(=O)n2C1c1ccc(OC(C)=O)c(OC)c1. The maximum atomic E-state index is 13.7. The van der Waals surface area contributed by atoms with Gasteiger partial charge >= 0.3 is 11.9 Å². The first-order valence-corrected chi connectivity index (χ1v) is 13.0. The Morgan fingerprint density at radius 3 is 2.51 bits per heavy atom. The van der Waals surface area contributed by atoms with E-state index in [4.69, 9.17) is 18.9 Å². The topological polar surface area (TPSA) is 105 Å². The molecule has 39 heavy (non-hydrogen) atoms. The van der Waals surface area contributed by atoms with Crippen LogP contribution in [0.25, 0.3) is 12.2 Å². The third kappa shape index (κ3) is 5.70. The second-order valence-electron chi connectivity index (χ2n) is 8.43. The Balaban J connectivity index is 1.87. The summed E-state index contributed by atoms with van der Waals surface area (Å²) in [5.41, 5.74) is 1.80. The van der Waals surface area contributed by atoms with E-state index >= 15 is 0 Å². The fourth-order valence-electron chi connectivity index (χ4n) is 4.26. The molecule has 2 heterocycles. The average Bonchev–Trinajstić information content (AvgIpc) is 3.22. The quantitative estimate of drug-likeness (QED) is 0.314. The van der Waals surface area contributed by atoms with E-state index in [0.717, 1.165) is 5.56 Å². The van der Waals surface area contributed by atoms with Crippen LogP contribution in [0.5, 0.6) is 17.2 Å². The highest BCUT2D eigenvalue weighted by molar-refractivity contribution is 7.07. The van der Waals surface area contributed by atoms with Crippen molar-refractivity contribution < 1.29 is 28.5 Å². The Bertz CT molecular complexity index is 1660. The van der Waals surface area contributed by atoms with Crippen molar-refractivity contribution in [1.29, 1.82) is 0 Å². The van der Waals surface area contributed by atoms with Crippen LogP contribution in [0.15, 0.2) is 69.6 Å². The Hall–Kier alpha value is -4.44. The van der Waals surface area contributed by atoms with E-state index in [1.807, 2.05) is 30.3 Å². The fraction of sp³-hybridized carbons (Fsp3) is 0.241. The molecule has 3 aromatic rings. The van der Waals surface area contributed by atoms with Crippen molar-refractivity contribution in [3.05, 3.63) is 90.6 Å². The number of thiazole rings is 1. The van der Waals surface area contributed by atoms with Gasteiger partial charge in [0, 0.05) is 12.5 Å². The molecule has 0 saturated heterocycles. The first-order chi connectivity index (χ1) is 18.8. The lowest BCUT2D eigenvalue weighted by Gasteiger charge is -2.25. The molecule has 202 valence electrons. The number of para-hydroxylation sites is 1. The van der Waals surface area contributed by atoms with E-state index in [2.05, 4.69) is 4.99 Å². The summed E-state index contributed by atoms with van der Waals surface area (Å²) in [6, 6.07) is 11.6. The number of aromatic nitrogens is 1. The van der Waals surface area contributed by atoms with Crippen LogP contribution in [-0.2, 0) is 14.3 Å². The highest BCUT2D eigenvalue weighted by Crippen LogP contribution is 2.36. The van der Waals surface area contributed by atoms with E-state index in [9.17, 15) is 14.4 Å². The number of fused-ring (bicyclic) bond motifs is 1. The number of carbonyl (C=O) groups excluding carboxylic acids is 2. The summed E-state index contributed by atoms with van der Waals surface area (Å²) in [4.78, 5) is 43.3. The molecule has 0 saturated carbocycles. The van der Waals surface area contributed by atoms with Gasteiger partial charge in [-0.15, -0.1) is 0 Å². The van der Waals surface area contributed by atoms with Gasteiger partial charge in [0.1, 0.15) is 5.75 Å². The normalized spacial score (nSPS) is 15.1. The summed E-state index contributed by atoms with van der Waals surface area (Å²) in [5, 5.41) is 0. The molecule has 1 unspecified atom stereocenters. The lowest BCUT2D eigenvalue weighted by Crippen LogP contribution is -2.39. The Morgan fingerprint density at radius 2 is 1.82 bits per heavy atom. The molecule has 1 aliphatic heterocycles. The predicted octanol–water partition coefficient (Wildman–Crippen LogP) is 3.41. The Morgan fingerprint density at radius 1 is 1.08 bits per heavy atom. The number of carbonyl (C=O) groups is 2. The maximum Gasteiger partial charge on any atom is 0.338 e. The van der Waals surface area contributed by atoms with Crippen LogP contribution < -0.4 is 29.1 Å². The summed E-state index contributed by atoms with van der Waals surface area (Å²) < 4.78 is 23.3. The number of hydrogen-bond acceptors (Lipinski definition) is 9. The van der Waals surface area contributed by atoms with Gasteiger partial charge < -0.3 is 18.9 Å². The number of hydrogen-bond donors (Lipinski definition) is 0. The van der Waals surface area contributed by atoms with Crippen molar-refractivity contribution in [3.63, 3.8) is 0 Å². The number of allylic oxidation sites excluding steroid dienone is 2. The number of methoxy groups -OCH3 is 2. The van der Waals surface area contributed by atoms with Gasteiger partial charge in [-0.05, 0) is 43.7 Å². The van der Waals surface area contributed by atoms with E-state index in [1.54, 1.807) is 51.3 Å². The monoisotopic (exact) mass is 548 g/mol. The average molecular weight is 549 g/mol. The molecular weight excluding hydrogens is 520 g/mol. The largest absolute Gasteiger partial charge is 0.496 e. The lowest BCUT2D eigenvalue weighted by molar-refractivity contribution is -0.139. The van der Waals surface area contributed by atoms with Crippen LogP contribution in [0, 0.1) is 0 Å². The number of benzene rings is 2. The van der Waals surface area contributed by atoms with Crippen LogP contribution in [0.2, 0.25) is 0 Å². The van der Waals surface area contributed by atoms with Gasteiger partial charge in [0.15, 0.2) is 16.3 Å². The van der Waals surface area contributed by atoms with Crippen molar-refractivity contribution in [2.75, 3.05) is 20.8 Å². The molecule has 9 nitrogen and oxygen atoms in total. The molecule has 0 aliphatic carbocycles. The van der Waals surface area contributed by atoms with Crippen molar-refractivity contribution >= 4 is 35.4 Å². The van der Waals surface area contributed by atoms with Gasteiger partial charge in [0.2, 0.25) is 0 Å². The second kappa shape index (κ2) is 12.0. The van der Waals surface area contributed by atoms with Gasteiger partial charge in [-0.1, -0.05) is 47.8 Å². The molecule has 0 spiro atoms. The summed E-state index contributed by atoms with van der Waals surface area (Å²) >= 11 is 1.22. The summed E-state index contributed by atoms with van der Waals surface area (Å²) in [6.45, 7) is 4.87. The van der Waals surface area contributed by atoms with Gasteiger partial charge in [0.05, 0.1) is 42.7 Å². The minimum atomic E-state index is -0.832. The van der Waals surface area contributed by atoms with Crippen molar-refractivity contribution in [1.82, 2.24) is 4.57 Å². The Labute approximate surface area is 228 Å². The van der Waals surface area contributed by atoms with E-state index < -0.39 is 18.0 Å². The zero-order chi connectivity index (χ0) is 28.1. The molecular formula is C29H28N2O7S. The van der Waals surface area contributed by atoms with E-state index in [-0.39, 0.29) is 29.2 Å². The Kier molecular flexibility index (Phi) is 8.46. The number of nitrogens with zero attached hydrogens (tertiary/aromatic N) is 2. The molecule has 0 radical (unpaired) electrons. The lowest BCUT2D eigenvalue weighted by atomic mass is 9.95. The van der Waals surface area contributed by atoms with E-state index in [0.29, 0.717) is 26.3 Å². The molecule has 1 aliphatic rings. The number of esters is 2. The molecule has 0 amide bonds. The van der Waals surface area contributed by atoms with Crippen molar-refractivity contribution in [2.24, 2.45) is 4.99 Å². The van der Waals surface area contributed by atoms with Crippen LogP contribution in [-0.4, -0.2) is 37.3 Å². The van der Waals surface area contributed by atoms with Gasteiger partial charge in [-0.3, -0.25) is 14.2 Å². The smallest absolute Gasteiger partial charge is 0.338 e. The minimum Gasteiger partial charge on any atom is -0.496 e. The zero-order valence-electron chi connectivity index (χ0n) is 22.2. The maximum absolute atomic E-state index is 13.7. The second-order valence-corrected chi connectivity index (χ2v) is 9.44. The molecule has 0 bridgehead atoms. The first kappa shape index (κ1) is 27.6. The van der Waals surface area contributed by atoms with Crippen LogP contribution in [0.4, 0.5) is 0 Å². The zero-order valence-corrected chi connectivity index (χ0v) is 23.0. The van der Waals surface area contributed by atoms with Gasteiger partial charge in [-0.25, -0.2) is 9.79 Å². The number of ether oxygens (including phenoxy) is 4. The van der Waals surface area contributed by atoms with Gasteiger partial charge in [-0.2, -0.15) is 0 Å². The highest BCUT2D eigenvalue weighted by atomic mass is 32.1. The third-order valence-electron chi connectivity index (χ3n) is 5.94. The standard InChI is InChI=1S/C29H28N2O7S/c1-6-37-28(34)25-17(2)30-29-31(26(25)20-14-15-22(38-18(3)32)23(16-20)36-5)27(33)24(39-29)13-9-11-19-10-7-8-12-21(19)35-4/h7-16,26H,6H2,1-5H3/b11-9+,24-13-. The molecule has 4 rings (SSSR count). The molecule has 0 fully saturated rings. The summed E-state index contributed by atoms with van der Waals surface area (Å²) in [6.07, 6.45) is 5.33. The first-order valence-electron chi connectivity index (χ1n) is 12.1. The van der Waals surface area contributed by atoms with Crippen molar-refractivity contribution in [2.45, 2.75) is 26.8 Å². The fourth-order valence-corrected chi connectivity index (χ4v) is 5.26. The van der Waals surface area contributed by atoms with Gasteiger partial charge in [0.25, 0.3) is 5.56 Å². The van der Waals surface area contributed by atoms with Crippen LogP contribution in [0.1, 0.15) is 37.9 Å². The molecule has 1 aromatic heterocycles. The predicted molar refractivity (Wildman–Crippen MR) is 148 cm³/mol. The molecule has 10 heteroatoms. The van der Waals surface area contributed by atoms with Crippen LogP contribution in [0.3, 0.4) is 0 Å². The molecule has 1 atom stereocenters. The molecule has 0 N–H and O–H groups in total. The number of rotatable bonds is 8.